The first-order valence-corrected chi connectivity index (χ1v) is 4.62. The van der Waals surface area contributed by atoms with Crippen LogP contribution in [0.3, 0.4) is 0 Å². The van der Waals surface area contributed by atoms with E-state index in [0.717, 1.165) is 12.3 Å². The summed E-state index contributed by atoms with van der Waals surface area (Å²) in [5, 5.41) is 0.0973. The lowest BCUT2D eigenvalue weighted by Gasteiger charge is -2.04. The molecule has 1 nitrogen and oxygen atoms in total. The normalized spacial score (nSPS) is 10.3. The molecule has 0 aliphatic rings. The smallest absolute Gasteiger partial charge is 0.143 e. The van der Waals surface area contributed by atoms with Crippen molar-refractivity contribution in [2.45, 2.75) is 0 Å². The number of hydrogen-bond acceptors (Lipinski definition) is 1. The molecular weight excluding hydrogens is 220 g/mol. The topological polar surface area (TPSA) is 12.9 Å². The first-order valence-electron chi connectivity index (χ1n) is 4.24. The Balaban J connectivity index is 2.60. The Labute approximate surface area is 90.3 Å². The van der Waals surface area contributed by atoms with Crippen LogP contribution in [0.25, 0.3) is 11.3 Å². The zero-order valence-electron chi connectivity index (χ0n) is 7.55. The van der Waals surface area contributed by atoms with Crippen molar-refractivity contribution in [3.63, 3.8) is 0 Å². The number of aromatic nitrogens is 1. The van der Waals surface area contributed by atoms with E-state index in [4.69, 9.17) is 11.6 Å². The molecule has 0 atom stereocenters. The second kappa shape index (κ2) is 3.95. The van der Waals surface area contributed by atoms with E-state index in [1.165, 1.54) is 6.07 Å². The fraction of sp³-hybridized carbons (Fsp3) is 0. The van der Waals surface area contributed by atoms with Crippen molar-refractivity contribution in [2.24, 2.45) is 0 Å². The van der Waals surface area contributed by atoms with Crippen LogP contribution < -0.4 is 0 Å². The van der Waals surface area contributed by atoms with Crippen molar-refractivity contribution >= 4 is 11.6 Å². The van der Waals surface area contributed by atoms with Crippen LogP contribution in [0.15, 0.2) is 36.5 Å². The summed E-state index contributed by atoms with van der Waals surface area (Å²) in [7, 11) is 0. The van der Waals surface area contributed by atoms with Gasteiger partial charge < -0.3 is 0 Å². The van der Waals surface area contributed by atoms with Gasteiger partial charge in [-0.15, -0.1) is 0 Å². The van der Waals surface area contributed by atoms with E-state index in [-0.39, 0.29) is 16.3 Å². The Hall–Kier alpha value is -1.48. The maximum absolute atomic E-state index is 13.4. The summed E-state index contributed by atoms with van der Waals surface area (Å²) in [6.07, 6.45) is 1.01. The quantitative estimate of drug-likeness (QED) is 0.722. The van der Waals surface area contributed by atoms with Crippen molar-refractivity contribution in [1.82, 2.24) is 4.98 Å². The Bertz CT molecular complexity index is 500. The maximum atomic E-state index is 13.4. The Morgan fingerprint density at radius 2 is 1.87 bits per heavy atom. The number of benzene rings is 1. The molecule has 2 aromatic rings. The van der Waals surface area contributed by atoms with Gasteiger partial charge in [-0.2, -0.15) is 0 Å². The molecule has 0 fully saturated rings. The zero-order chi connectivity index (χ0) is 10.8. The fourth-order valence-corrected chi connectivity index (χ4v) is 1.52. The highest BCUT2D eigenvalue weighted by atomic mass is 35.5. The molecule has 1 heterocycles. The highest BCUT2D eigenvalue weighted by molar-refractivity contribution is 6.33. The van der Waals surface area contributed by atoms with Gasteiger partial charge in [-0.3, -0.25) is 4.98 Å². The molecule has 0 radical (unpaired) electrons. The molecule has 0 unspecified atom stereocenters. The van der Waals surface area contributed by atoms with Gasteiger partial charge in [-0.25, -0.2) is 8.78 Å². The van der Waals surface area contributed by atoms with E-state index >= 15 is 0 Å². The van der Waals surface area contributed by atoms with Crippen molar-refractivity contribution in [3.8, 4) is 11.3 Å². The lowest BCUT2D eigenvalue weighted by molar-refractivity contribution is 0.619. The minimum Gasteiger partial charge on any atom is -0.252 e. The molecule has 0 saturated carbocycles. The summed E-state index contributed by atoms with van der Waals surface area (Å²) >= 11 is 5.77. The standard InChI is InChI=1S/C11H6ClF2N/c12-9-5-7(13)6-15-11(9)8-3-1-2-4-10(8)14/h1-6H. The molecule has 0 saturated heterocycles. The molecule has 1 aromatic carbocycles. The molecule has 2 rings (SSSR count). The summed E-state index contributed by atoms with van der Waals surface area (Å²) < 4.78 is 26.1. The minimum absolute atomic E-state index is 0.0973. The summed E-state index contributed by atoms with van der Waals surface area (Å²) in [6.45, 7) is 0. The Morgan fingerprint density at radius 3 is 2.53 bits per heavy atom. The largest absolute Gasteiger partial charge is 0.252 e. The molecule has 0 spiro atoms. The maximum Gasteiger partial charge on any atom is 0.143 e. The number of nitrogens with zero attached hydrogens (tertiary/aromatic N) is 1. The molecule has 15 heavy (non-hydrogen) atoms. The zero-order valence-corrected chi connectivity index (χ0v) is 8.30. The highest BCUT2D eigenvalue weighted by Gasteiger charge is 2.10. The summed E-state index contributed by atoms with van der Waals surface area (Å²) in [5.41, 5.74) is 0.513. The van der Waals surface area contributed by atoms with Crippen LogP contribution in [0.2, 0.25) is 5.02 Å². The summed E-state index contributed by atoms with van der Waals surface area (Å²) in [6, 6.07) is 7.19. The number of rotatable bonds is 1. The Morgan fingerprint density at radius 1 is 1.13 bits per heavy atom. The van der Waals surface area contributed by atoms with E-state index in [1.807, 2.05) is 0 Å². The van der Waals surface area contributed by atoms with Crippen LogP contribution >= 0.6 is 11.6 Å². The van der Waals surface area contributed by atoms with Gasteiger partial charge in [0, 0.05) is 5.56 Å². The molecule has 76 valence electrons. The molecule has 1 aromatic heterocycles. The van der Waals surface area contributed by atoms with E-state index in [9.17, 15) is 8.78 Å². The lowest BCUT2D eigenvalue weighted by atomic mass is 10.1. The third kappa shape index (κ3) is 1.97. The average molecular weight is 226 g/mol. The summed E-state index contributed by atoms with van der Waals surface area (Å²) in [5.74, 6) is -0.974. The predicted octanol–water partition coefficient (Wildman–Crippen LogP) is 3.68. The van der Waals surface area contributed by atoms with Gasteiger partial charge in [-0.05, 0) is 18.2 Å². The fourth-order valence-electron chi connectivity index (χ4n) is 1.27. The van der Waals surface area contributed by atoms with Gasteiger partial charge in [0.1, 0.15) is 11.6 Å². The SMILES string of the molecule is Fc1cnc(-c2ccccc2F)c(Cl)c1. The Kier molecular flexibility index (Phi) is 2.64. The van der Waals surface area contributed by atoms with E-state index in [2.05, 4.69) is 4.98 Å². The van der Waals surface area contributed by atoms with Gasteiger partial charge in [-0.1, -0.05) is 23.7 Å². The van der Waals surface area contributed by atoms with E-state index < -0.39 is 11.6 Å². The second-order valence-corrected chi connectivity index (χ2v) is 3.37. The predicted molar refractivity (Wildman–Crippen MR) is 54.6 cm³/mol. The van der Waals surface area contributed by atoms with Crippen LogP contribution in [0.1, 0.15) is 0 Å². The molecule has 0 amide bonds. The van der Waals surface area contributed by atoms with Crippen LogP contribution in [0.5, 0.6) is 0 Å². The first-order chi connectivity index (χ1) is 7.18. The van der Waals surface area contributed by atoms with Gasteiger partial charge in [0.25, 0.3) is 0 Å². The van der Waals surface area contributed by atoms with Crippen LogP contribution in [-0.2, 0) is 0 Å². The number of hydrogen-bond donors (Lipinski definition) is 0. The second-order valence-electron chi connectivity index (χ2n) is 2.96. The van der Waals surface area contributed by atoms with Crippen LogP contribution in [0, 0.1) is 11.6 Å². The minimum atomic E-state index is -0.542. The van der Waals surface area contributed by atoms with Crippen molar-refractivity contribution in [2.75, 3.05) is 0 Å². The van der Waals surface area contributed by atoms with Crippen molar-refractivity contribution in [3.05, 3.63) is 53.2 Å². The molecule has 0 aliphatic heterocycles. The molecular formula is C11H6ClF2N. The summed E-state index contributed by atoms with van der Waals surface area (Å²) in [4.78, 5) is 3.76. The van der Waals surface area contributed by atoms with E-state index in [1.54, 1.807) is 18.2 Å². The monoisotopic (exact) mass is 225 g/mol. The van der Waals surface area contributed by atoms with Crippen LogP contribution in [-0.4, -0.2) is 4.98 Å². The van der Waals surface area contributed by atoms with Gasteiger partial charge in [0.2, 0.25) is 0 Å². The molecule has 0 N–H and O–H groups in total. The first kappa shape index (κ1) is 10.1. The van der Waals surface area contributed by atoms with Crippen molar-refractivity contribution < 1.29 is 8.78 Å². The lowest BCUT2D eigenvalue weighted by Crippen LogP contribution is -1.89. The number of pyridine rings is 1. The average Bonchev–Trinajstić information content (AvgIpc) is 2.20. The highest BCUT2D eigenvalue weighted by Crippen LogP contribution is 2.27. The molecule has 0 bridgehead atoms. The third-order valence-corrected chi connectivity index (χ3v) is 2.22. The van der Waals surface area contributed by atoms with E-state index in [0.29, 0.717) is 0 Å². The van der Waals surface area contributed by atoms with Crippen molar-refractivity contribution in [1.29, 1.82) is 0 Å². The van der Waals surface area contributed by atoms with Gasteiger partial charge in [0.15, 0.2) is 0 Å². The molecule has 0 aliphatic carbocycles. The van der Waals surface area contributed by atoms with Gasteiger partial charge >= 0.3 is 0 Å². The third-order valence-electron chi connectivity index (χ3n) is 1.94. The molecule has 4 heteroatoms. The van der Waals surface area contributed by atoms with Crippen LogP contribution in [0.4, 0.5) is 8.78 Å². The number of halogens is 3. The van der Waals surface area contributed by atoms with Gasteiger partial charge in [0.05, 0.1) is 16.9 Å².